The van der Waals surface area contributed by atoms with E-state index in [2.05, 4.69) is 40.5 Å². The van der Waals surface area contributed by atoms with Crippen molar-refractivity contribution in [3.8, 4) is 5.69 Å². The molecular formula is C48H51F2N9O6S. The van der Waals surface area contributed by atoms with E-state index in [1.54, 1.807) is 30.9 Å². The van der Waals surface area contributed by atoms with Crippen molar-refractivity contribution >= 4 is 38.1 Å². The van der Waals surface area contributed by atoms with Gasteiger partial charge in [-0.25, -0.2) is 31.9 Å². The van der Waals surface area contributed by atoms with E-state index in [1.807, 2.05) is 30.5 Å². The van der Waals surface area contributed by atoms with E-state index in [0.717, 1.165) is 39.9 Å². The zero-order valence-corrected chi connectivity index (χ0v) is 38.6. The number of benzene rings is 3. The van der Waals surface area contributed by atoms with Crippen molar-refractivity contribution in [1.82, 2.24) is 28.7 Å². The van der Waals surface area contributed by atoms with Crippen LogP contribution in [0.1, 0.15) is 97.9 Å². The average molecular weight is 920 g/mol. The first-order chi connectivity index (χ1) is 31.3. The number of carbonyl (C=O) groups excluding carboxylic acids is 1. The predicted molar refractivity (Wildman–Crippen MR) is 245 cm³/mol. The molecule has 3 N–H and O–H groups in total. The zero-order chi connectivity index (χ0) is 46.8. The van der Waals surface area contributed by atoms with Crippen LogP contribution in [0.3, 0.4) is 0 Å². The molecule has 1 aliphatic carbocycles. The molecule has 10 rings (SSSR count). The summed E-state index contributed by atoms with van der Waals surface area (Å²) in [5, 5.41) is 5.00. The van der Waals surface area contributed by atoms with Crippen LogP contribution in [0.2, 0.25) is 0 Å². The molecule has 66 heavy (non-hydrogen) atoms. The van der Waals surface area contributed by atoms with Crippen molar-refractivity contribution in [2.24, 2.45) is 21.0 Å². The van der Waals surface area contributed by atoms with Crippen molar-refractivity contribution in [1.29, 1.82) is 0 Å². The number of nitrogens with zero attached hydrogens (tertiary/aromatic N) is 7. The number of nitrogens with two attached hydrogens (primary N) is 1. The van der Waals surface area contributed by atoms with Crippen molar-refractivity contribution < 1.29 is 27.0 Å². The number of carbonyl (C=O) groups is 1. The van der Waals surface area contributed by atoms with Crippen LogP contribution in [0.4, 0.5) is 14.5 Å². The van der Waals surface area contributed by atoms with Gasteiger partial charge in [-0.2, -0.15) is 0 Å². The molecule has 3 aromatic carbocycles. The van der Waals surface area contributed by atoms with Gasteiger partial charge < -0.3 is 19.9 Å². The molecule has 4 aliphatic rings. The number of aromatic nitrogens is 5. The first-order valence-corrected chi connectivity index (χ1v) is 24.0. The van der Waals surface area contributed by atoms with Gasteiger partial charge in [0.2, 0.25) is 0 Å². The normalized spacial score (nSPS) is 25.1. The van der Waals surface area contributed by atoms with Gasteiger partial charge in [-0.3, -0.25) is 23.4 Å². The molecule has 1 saturated heterocycles. The van der Waals surface area contributed by atoms with Crippen molar-refractivity contribution in [3.63, 3.8) is 0 Å². The number of imidazole rings is 1. The molecule has 5 atom stereocenters. The lowest BCUT2D eigenvalue weighted by molar-refractivity contribution is -0.0592. The number of hydrogen-bond donors (Lipinski definition) is 2. The Morgan fingerprint density at radius 3 is 2.45 bits per heavy atom. The summed E-state index contributed by atoms with van der Waals surface area (Å²) in [6, 6.07) is 13.1. The highest BCUT2D eigenvalue weighted by Crippen LogP contribution is 2.56. The van der Waals surface area contributed by atoms with E-state index in [-0.39, 0.29) is 54.4 Å². The maximum Gasteiger partial charge on any atom is 0.438 e. The number of fused-ring (bicyclic) bond motifs is 2. The summed E-state index contributed by atoms with van der Waals surface area (Å²) >= 11 is 0. The number of aliphatic imine (C=N–C) groups is 1. The smallest absolute Gasteiger partial charge is 0.402 e. The van der Waals surface area contributed by atoms with Crippen LogP contribution in [0, 0.1) is 31.4 Å². The van der Waals surface area contributed by atoms with Crippen molar-refractivity contribution in [2.45, 2.75) is 102 Å². The van der Waals surface area contributed by atoms with E-state index < -0.39 is 44.4 Å². The number of aromatic amines is 1. The van der Waals surface area contributed by atoms with Gasteiger partial charge in [0.05, 0.1) is 44.2 Å². The zero-order valence-electron chi connectivity index (χ0n) is 37.8. The van der Waals surface area contributed by atoms with E-state index in [0.29, 0.717) is 63.1 Å². The number of aryl methyl sites for hydroxylation is 2. The third-order valence-corrected chi connectivity index (χ3v) is 15.8. The Bertz CT molecular complexity index is 3340. The van der Waals surface area contributed by atoms with Crippen LogP contribution < -0.4 is 17.2 Å². The van der Waals surface area contributed by atoms with Gasteiger partial charge >= 0.3 is 11.4 Å². The number of rotatable bonds is 7. The Morgan fingerprint density at radius 2 is 1.77 bits per heavy atom. The molecule has 6 aromatic rings. The summed E-state index contributed by atoms with van der Waals surface area (Å²) in [4.78, 5) is 52.3. The molecule has 0 radical (unpaired) electrons. The van der Waals surface area contributed by atoms with Crippen molar-refractivity contribution in [2.75, 3.05) is 19.4 Å². The quantitative estimate of drug-likeness (QED) is 0.123. The first kappa shape index (κ1) is 43.5. The van der Waals surface area contributed by atoms with Crippen LogP contribution in [0.15, 0.2) is 101 Å². The molecule has 15 nitrogen and oxygen atoms in total. The van der Waals surface area contributed by atoms with E-state index in [4.69, 9.17) is 20.0 Å². The minimum atomic E-state index is -2.77. The molecule has 1 amide bonds. The Labute approximate surface area is 379 Å². The molecule has 0 bridgehead atoms. The summed E-state index contributed by atoms with van der Waals surface area (Å²) in [6.45, 7) is 12.2. The van der Waals surface area contributed by atoms with E-state index >= 15 is 9.18 Å². The maximum absolute atomic E-state index is 15.9. The number of ether oxygens (including phenoxy) is 1. The first-order valence-electron chi connectivity index (χ1n) is 22.1. The highest BCUT2D eigenvalue weighted by atomic mass is 32.2. The van der Waals surface area contributed by atoms with E-state index in [9.17, 15) is 18.2 Å². The summed E-state index contributed by atoms with van der Waals surface area (Å²) in [5.74, 6) is -1.60. The number of halogens is 2. The summed E-state index contributed by atoms with van der Waals surface area (Å²) < 4.78 is 63.5. The molecule has 2 fully saturated rings. The third kappa shape index (κ3) is 6.98. The van der Waals surface area contributed by atoms with Gasteiger partial charge in [-0.15, -0.1) is 0 Å². The molecule has 18 heteroatoms. The minimum Gasteiger partial charge on any atom is -0.402 e. The Hall–Kier alpha value is -6.40. The van der Waals surface area contributed by atoms with Gasteiger partial charge in [0, 0.05) is 60.4 Å². The second kappa shape index (κ2) is 15.3. The summed E-state index contributed by atoms with van der Waals surface area (Å²) in [5.41, 5.74) is 9.54. The minimum absolute atomic E-state index is 0.0329. The predicted octanol–water partition coefficient (Wildman–Crippen LogP) is 7.32. The molecular weight excluding hydrogens is 869 g/mol. The summed E-state index contributed by atoms with van der Waals surface area (Å²) in [7, 11) is -2.77. The lowest BCUT2D eigenvalue weighted by Crippen LogP contribution is -2.49. The molecule has 0 unspecified atom stereocenters. The fraction of sp³-hybridized carbons (Fsp3) is 0.396. The molecule has 3 aliphatic heterocycles. The van der Waals surface area contributed by atoms with Crippen LogP contribution in [-0.2, 0) is 26.5 Å². The standard InChI is InChI=1S/C48H51F2N9O6S/c1-25-16-33(17-26(2)41(25)50)53-42(58-14-13-57(46(58)62)37-20-32-24-52-66(7,63)39(32)21-34(37)49)40-28(4)56(12-10-35(40)51)43(60)38-19-31-18-29(30-11-15-64-47(5,6)23-30)8-9-36(31)59(38)48(22-27(48)3)44-54-45(61)65-55-44/h8-9,13-14,16-21,27-28,30H,10-12,15,22-24,51H2,1-7H3,(H,54,55,61)/t27-,28-,30-,48-,66+/m0/s1. The van der Waals surface area contributed by atoms with Gasteiger partial charge in [0.15, 0.2) is 5.82 Å². The van der Waals surface area contributed by atoms with Crippen LogP contribution in [0.5, 0.6) is 0 Å². The Balaban J connectivity index is 1.09. The second-order valence-corrected chi connectivity index (χ2v) is 21.3. The number of hydrogen-bond acceptors (Lipinski definition) is 10. The average Bonchev–Trinajstić information content (AvgIpc) is 3.70. The highest BCUT2D eigenvalue weighted by Gasteiger charge is 2.59. The van der Waals surface area contributed by atoms with Gasteiger partial charge in [-0.05, 0) is 130 Å². The Morgan fingerprint density at radius 1 is 1.03 bits per heavy atom. The molecule has 3 aromatic heterocycles. The van der Waals surface area contributed by atoms with E-state index in [1.165, 1.54) is 29.3 Å². The van der Waals surface area contributed by atoms with Gasteiger partial charge in [-0.1, -0.05) is 18.1 Å². The number of nitrogens with one attached hydrogen (secondary N) is 1. The SMILES string of the molecule is Cc1cc(N=C(C2=C(N)CCN(C(=O)c3cc4cc([C@H]5CCOC(C)(C)C5)ccc4n3[C@@]3(c4noc(=O)[nH]4)C[C@@H]3C)[C@H]2C)n2ccn(-c3cc4c(cc3F)[S@@](C)(=O)=NC4)c2=O)cc(C)c1F. The largest absolute Gasteiger partial charge is 0.438 e. The Kier molecular flexibility index (Phi) is 10.1. The van der Waals surface area contributed by atoms with Crippen LogP contribution in [0.25, 0.3) is 16.6 Å². The monoisotopic (exact) mass is 919 g/mol. The maximum atomic E-state index is 15.9. The summed E-state index contributed by atoms with van der Waals surface area (Å²) in [6.07, 6.45) is 6.79. The lowest BCUT2D eigenvalue weighted by Gasteiger charge is -2.37. The number of H-pyrrole nitrogens is 1. The molecule has 6 heterocycles. The van der Waals surface area contributed by atoms with Gasteiger partial charge in [0.1, 0.15) is 28.7 Å². The lowest BCUT2D eigenvalue weighted by atomic mass is 9.83. The molecule has 344 valence electrons. The van der Waals surface area contributed by atoms with Crippen molar-refractivity contribution in [3.05, 3.63) is 139 Å². The third-order valence-electron chi connectivity index (χ3n) is 14.0. The second-order valence-electron chi connectivity index (χ2n) is 19.0. The molecule has 0 spiro atoms. The topological polar surface area (TPSA) is 188 Å². The fourth-order valence-electron chi connectivity index (χ4n) is 10.5. The molecule has 1 saturated carbocycles. The number of amides is 1. The van der Waals surface area contributed by atoms with Crippen LogP contribution in [-0.4, -0.2) is 75.7 Å². The highest BCUT2D eigenvalue weighted by molar-refractivity contribution is 7.93. The van der Waals surface area contributed by atoms with Crippen LogP contribution >= 0.6 is 0 Å². The van der Waals surface area contributed by atoms with Gasteiger partial charge in [0.25, 0.3) is 5.91 Å². The fourth-order valence-corrected chi connectivity index (χ4v) is 12.0.